The molecule has 4 nitrogen and oxygen atoms in total. The van der Waals surface area contributed by atoms with Crippen molar-refractivity contribution in [3.63, 3.8) is 0 Å². The Morgan fingerprint density at radius 1 is 1.61 bits per heavy atom. The molecule has 0 spiro atoms. The van der Waals surface area contributed by atoms with Crippen LogP contribution < -0.4 is 5.32 Å². The van der Waals surface area contributed by atoms with Crippen LogP contribution in [0.15, 0.2) is 18.3 Å². The first-order chi connectivity index (χ1) is 8.53. The highest BCUT2D eigenvalue weighted by Gasteiger charge is 2.27. The van der Waals surface area contributed by atoms with Crippen LogP contribution in [0.4, 0.5) is 0 Å². The molecule has 1 atom stereocenters. The van der Waals surface area contributed by atoms with Crippen LogP contribution in [0.1, 0.15) is 56.1 Å². The van der Waals surface area contributed by atoms with E-state index in [0.29, 0.717) is 24.7 Å². The van der Waals surface area contributed by atoms with Gasteiger partial charge in [-0.15, -0.1) is 0 Å². The predicted octanol–water partition coefficient (Wildman–Crippen LogP) is 2.10. The summed E-state index contributed by atoms with van der Waals surface area (Å²) in [6, 6.07) is 4.23. The first-order valence-electron chi connectivity index (χ1n) is 6.71. The lowest BCUT2D eigenvalue weighted by molar-refractivity contribution is 0.0467. The molecule has 100 valence electrons. The van der Waals surface area contributed by atoms with E-state index in [1.54, 1.807) is 6.92 Å². The van der Waals surface area contributed by atoms with Crippen LogP contribution in [0, 0.1) is 0 Å². The number of rotatable bonds is 6. The van der Waals surface area contributed by atoms with Gasteiger partial charge in [0.15, 0.2) is 0 Å². The topological polar surface area (TPSA) is 54.3 Å². The molecule has 0 radical (unpaired) electrons. The maximum atomic E-state index is 12.1. The van der Waals surface area contributed by atoms with Crippen molar-refractivity contribution >= 4 is 5.91 Å². The number of nitrogens with zero attached hydrogens (tertiary/aromatic N) is 1. The van der Waals surface area contributed by atoms with Gasteiger partial charge in [-0.2, -0.15) is 0 Å². The van der Waals surface area contributed by atoms with Gasteiger partial charge in [-0.05, 0) is 38.3 Å². The third kappa shape index (κ3) is 3.13. The SMILES string of the molecule is CCCC(C)(O)CNC(=O)c1cccn1C1CC1. The molecule has 2 rings (SSSR count). The number of nitrogens with one attached hydrogen (secondary N) is 1. The minimum atomic E-state index is -0.818. The van der Waals surface area contributed by atoms with Gasteiger partial charge >= 0.3 is 0 Å². The molecule has 0 saturated heterocycles. The van der Waals surface area contributed by atoms with Crippen LogP contribution in [-0.2, 0) is 0 Å². The summed E-state index contributed by atoms with van der Waals surface area (Å²) in [5.41, 5.74) is -0.119. The van der Waals surface area contributed by atoms with Gasteiger partial charge < -0.3 is 15.0 Å². The van der Waals surface area contributed by atoms with Crippen molar-refractivity contribution < 1.29 is 9.90 Å². The number of amides is 1. The third-order valence-corrected chi connectivity index (χ3v) is 3.37. The molecule has 4 heteroatoms. The van der Waals surface area contributed by atoms with Gasteiger partial charge in [0.2, 0.25) is 0 Å². The highest BCUT2D eigenvalue weighted by Crippen LogP contribution is 2.35. The second-order valence-electron chi connectivity index (χ2n) is 5.46. The second-order valence-corrected chi connectivity index (χ2v) is 5.46. The lowest BCUT2D eigenvalue weighted by Gasteiger charge is -2.23. The molecule has 1 fully saturated rings. The molecule has 0 aromatic carbocycles. The molecule has 1 aromatic heterocycles. The summed E-state index contributed by atoms with van der Waals surface area (Å²) in [5.74, 6) is -0.0942. The summed E-state index contributed by atoms with van der Waals surface area (Å²) < 4.78 is 2.03. The predicted molar refractivity (Wildman–Crippen MR) is 70.6 cm³/mol. The van der Waals surface area contributed by atoms with E-state index in [1.165, 1.54) is 0 Å². The van der Waals surface area contributed by atoms with E-state index in [1.807, 2.05) is 29.8 Å². The Labute approximate surface area is 108 Å². The van der Waals surface area contributed by atoms with Gasteiger partial charge in [-0.3, -0.25) is 4.79 Å². The van der Waals surface area contributed by atoms with E-state index in [2.05, 4.69) is 5.32 Å². The first-order valence-corrected chi connectivity index (χ1v) is 6.71. The Bertz CT molecular complexity index is 419. The average Bonchev–Trinajstić information content (AvgIpc) is 3.04. The van der Waals surface area contributed by atoms with Gasteiger partial charge in [0.05, 0.1) is 5.60 Å². The van der Waals surface area contributed by atoms with E-state index in [9.17, 15) is 9.90 Å². The summed E-state index contributed by atoms with van der Waals surface area (Å²) in [6.07, 6.45) is 5.86. The first kappa shape index (κ1) is 13.1. The zero-order valence-corrected chi connectivity index (χ0v) is 11.1. The molecule has 1 amide bonds. The number of hydrogen-bond acceptors (Lipinski definition) is 2. The van der Waals surface area contributed by atoms with E-state index >= 15 is 0 Å². The van der Waals surface area contributed by atoms with Gasteiger partial charge in [0.25, 0.3) is 5.91 Å². The number of aliphatic hydroxyl groups is 1. The summed E-state index contributed by atoms with van der Waals surface area (Å²) in [4.78, 5) is 12.1. The van der Waals surface area contributed by atoms with Crippen molar-refractivity contribution in [2.45, 2.75) is 51.2 Å². The third-order valence-electron chi connectivity index (χ3n) is 3.37. The van der Waals surface area contributed by atoms with Crippen LogP contribution in [0.3, 0.4) is 0 Å². The highest BCUT2D eigenvalue weighted by molar-refractivity contribution is 5.92. The van der Waals surface area contributed by atoms with E-state index in [4.69, 9.17) is 0 Å². The fourth-order valence-corrected chi connectivity index (χ4v) is 2.25. The molecule has 18 heavy (non-hydrogen) atoms. The minimum Gasteiger partial charge on any atom is -0.388 e. The van der Waals surface area contributed by atoms with Gasteiger partial charge in [-0.25, -0.2) is 0 Å². The second kappa shape index (κ2) is 5.14. The molecule has 2 N–H and O–H groups in total. The molecule has 1 unspecified atom stereocenters. The lowest BCUT2D eigenvalue weighted by atomic mass is 10.0. The summed E-state index contributed by atoms with van der Waals surface area (Å²) in [7, 11) is 0. The quantitative estimate of drug-likeness (QED) is 0.812. The summed E-state index contributed by atoms with van der Waals surface area (Å²) in [6.45, 7) is 4.08. The minimum absolute atomic E-state index is 0.0942. The fraction of sp³-hybridized carbons (Fsp3) is 0.643. The molecule has 1 aliphatic carbocycles. The molecule has 1 heterocycles. The summed E-state index contributed by atoms with van der Waals surface area (Å²) in [5, 5.41) is 12.9. The van der Waals surface area contributed by atoms with Crippen molar-refractivity contribution in [3.8, 4) is 0 Å². The van der Waals surface area contributed by atoms with Gasteiger partial charge in [-0.1, -0.05) is 13.3 Å². The van der Waals surface area contributed by atoms with E-state index in [0.717, 1.165) is 19.3 Å². The molecular weight excluding hydrogens is 228 g/mol. The zero-order valence-electron chi connectivity index (χ0n) is 11.1. The summed E-state index contributed by atoms with van der Waals surface area (Å²) >= 11 is 0. The fourth-order valence-electron chi connectivity index (χ4n) is 2.25. The van der Waals surface area contributed by atoms with Crippen molar-refractivity contribution in [1.82, 2.24) is 9.88 Å². The molecular formula is C14H22N2O2. The molecule has 0 bridgehead atoms. The Balaban J connectivity index is 1.93. The van der Waals surface area contributed by atoms with Crippen molar-refractivity contribution in [3.05, 3.63) is 24.0 Å². The van der Waals surface area contributed by atoms with Gasteiger partial charge in [0.1, 0.15) is 5.69 Å². The van der Waals surface area contributed by atoms with Crippen molar-refractivity contribution in [2.24, 2.45) is 0 Å². The number of carbonyl (C=O) groups is 1. The lowest BCUT2D eigenvalue weighted by Crippen LogP contribution is -2.41. The number of aromatic nitrogens is 1. The Morgan fingerprint density at radius 3 is 2.94 bits per heavy atom. The Morgan fingerprint density at radius 2 is 2.33 bits per heavy atom. The van der Waals surface area contributed by atoms with Crippen LogP contribution in [0.5, 0.6) is 0 Å². The van der Waals surface area contributed by atoms with Crippen LogP contribution >= 0.6 is 0 Å². The smallest absolute Gasteiger partial charge is 0.268 e. The average molecular weight is 250 g/mol. The maximum absolute atomic E-state index is 12.1. The van der Waals surface area contributed by atoms with Crippen LogP contribution in [0.25, 0.3) is 0 Å². The molecule has 1 aromatic rings. The molecule has 0 aliphatic heterocycles. The zero-order chi connectivity index (χ0) is 13.2. The van der Waals surface area contributed by atoms with Crippen molar-refractivity contribution in [2.75, 3.05) is 6.54 Å². The largest absolute Gasteiger partial charge is 0.388 e. The van der Waals surface area contributed by atoms with Crippen LogP contribution in [0.2, 0.25) is 0 Å². The monoisotopic (exact) mass is 250 g/mol. The number of hydrogen-bond donors (Lipinski definition) is 2. The maximum Gasteiger partial charge on any atom is 0.268 e. The Kier molecular flexibility index (Phi) is 3.76. The Hall–Kier alpha value is -1.29. The molecule has 1 saturated carbocycles. The normalized spacial score (nSPS) is 18.4. The highest BCUT2D eigenvalue weighted by atomic mass is 16.3. The van der Waals surface area contributed by atoms with Gasteiger partial charge in [0, 0.05) is 18.8 Å². The van der Waals surface area contributed by atoms with Crippen molar-refractivity contribution in [1.29, 1.82) is 0 Å². The number of carbonyl (C=O) groups excluding carboxylic acids is 1. The van der Waals surface area contributed by atoms with Crippen LogP contribution in [-0.4, -0.2) is 27.7 Å². The standard InChI is InChI=1S/C14H22N2O2/c1-3-8-14(2,18)10-15-13(17)12-5-4-9-16(12)11-6-7-11/h4-5,9,11,18H,3,6-8,10H2,1-2H3,(H,15,17). The van der Waals surface area contributed by atoms with E-state index in [-0.39, 0.29) is 5.91 Å². The molecule has 1 aliphatic rings. The van der Waals surface area contributed by atoms with E-state index < -0.39 is 5.60 Å².